The summed E-state index contributed by atoms with van der Waals surface area (Å²) in [6.45, 7) is 5.10. The van der Waals surface area contributed by atoms with Crippen LogP contribution in [0.5, 0.6) is 11.5 Å². The van der Waals surface area contributed by atoms with E-state index < -0.39 is 15.5 Å². The standard InChI is InChI=1S/C23H38F3NO4S/c1-3-5-7-9-11-13-15-30-21-17-20(27-32(28,29)23(24,25)26)18-22(19-21)31-16-14-12-10-8-6-4-2/h17-19,27H,3-16H2,1-2H3. The number of hydrogen-bond donors (Lipinski definition) is 1. The second-order valence-electron chi connectivity index (χ2n) is 7.98. The van der Waals surface area contributed by atoms with Crippen LogP contribution < -0.4 is 14.2 Å². The quantitative estimate of drug-likeness (QED) is 0.222. The number of nitrogens with one attached hydrogen (secondary N) is 1. The van der Waals surface area contributed by atoms with E-state index in [0.29, 0.717) is 13.2 Å². The van der Waals surface area contributed by atoms with Crippen molar-refractivity contribution in [2.45, 2.75) is 96.4 Å². The Morgan fingerprint density at radius 2 is 1.12 bits per heavy atom. The lowest BCUT2D eigenvalue weighted by molar-refractivity contribution is -0.0429. The van der Waals surface area contributed by atoms with Gasteiger partial charge in [0.05, 0.1) is 18.9 Å². The van der Waals surface area contributed by atoms with Crippen molar-refractivity contribution in [3.63, 3.8) is 0 Å². The minimum atomic E-state index is -5.52. The first-order valence-electron chi connectivity index (χ1n) is 11.7. The maximum Gasteiger partial charge on any atom is 0.516 e. The third-order valence-electron chi connectivity index (χ3n) is 4.97. The third kappa shape index (κ3) is 11.8. The van der Waals surface area contributed by atoms with Gasteiger partial charge in [0.15, 0.2) is 0 Å². The molecule has 0 saturated heterocycles. The van der Waals surface area contributed by atoms with Crippen LogP contribution in [0.4, 0.5) is 18.9 Å². The fraction of sp³-hybridized carbons (Fsp3) is 0.739. The number of alkyl halides is 3. The molecule has 0 spiro atoms. The Balaban J connectivity index is 2.70. The summed E-state index contributed by atoms with van der Waals surface area (Å²) >= 11 is 0. The van der Waals surface area contributed by atoms with Crippen LogP contribution in [0.15, 0.2) is 18.2 Å². The Morgan fingerprint density at radius 1 is 0.719 bits per heavy atom. The Morgan fingerprint density at radius 3 is 1.53 bits per heavy atom. The first-order chi connectivity index (χ1) is 15.2. The van der Waals surface area contributed by atoms with Crippen molar-refractivity contribution in [1.29, 1.82) is 0 Å². The van der Waals surface area contributed by atoms with Gasteiger partial charge in [-0.2, -0.15) is 21.6 Å². The van der Waals surface area contributed by atoms with Crippen LogP contribution in [0.2, 0.25) is 0 Å². The van der Waals surface area contributed by atoms with E-state index in [4.69, 9.17) is 9.47 Å². The van der Waals surface area contributed by atoms with Crippen molar-refractivity contribution >= 4 is 15.7 Å². The molecule has 0 atom stereocenters. The molecule has 0 amide bonds. The zero-order valence-electron chi connectivity index (χ0n) is 19.3. The van der Waals surface area contributed by atoms with Crippen LogP contribution in [-0.4, -0.2) is 27.1 Å². The summed E-state index contributed by atoms with van der Waals surface area (Å²) in [5.41, 5.74) is -5.64. The number of anilines is 1. The van der Waals surface area contributed by atoms with E-state index >= 15 is 0 Å². The van der Waals surface area contributed by atoms with Crippen LogP contribution in [-0.2, 0) is 10.0 Å². The highest BCUT2D eigenvalue weighted by molar-refractivity contribution is 7.93. The van der Waals surface area contributed by atoms with Crippen molar-refractivity contribution < 1.29 is 31.1 Å². The lowest BCUT2D eigenvalue weighted by Crippen LogP contribution is -2.29. The SMILES string of the molecule is CCCCCCCCOc1cc(NS(=O)(=O)C(F)(F)F)cc(OCCCCCCCC)c1. The first kappa shape index (κ1) is 28.4. The molecule has 0 bridgehead atoms. The van der Waals surface area contributed by atoms with Gasteiger partial charge in [-0.1, -0.05) is 78.1 Å². The van der Waals surface area contributed by atoms with E-state index in [-0.39, 0.29) is 17.2 Å². The van der Waals surface area contributed by atoms with Gasteiger partial charge in [-0.15, -0.1) is 0 Å². The predicted molar refractivity (Wildman–Crippen MR) is 123 cm³/mol. The molecule has 0 aliphatic rings. The summed E-state index contributed by atoms with van der Waals surface area (Å²) in [4.78, 5) is 0. The summed E-state index contributed by atoms with van der Waals surface area (Å²) in [6, 6.07) is 4.08. The maximum atomic E-state index is 12.8. The minimum Gasteiger partial charge on any atom is -0.493 e. The first-order valence-corrected chi connectivity index (χ1v) is 13.2. The molecule has 5 nitrogen and oxygen atoms in total. The number of rotatable bonds is 18. The van der Waals surface area contributed by atoms with Gasteiger partial charge in [0.25, 0.3) is 0 Å². The molecule has 0 aliphatic heterocycles. The molecular formula is C23H38F3NO4S. The molecule has 1 aromatic rings. The number of hydrogen-bond acceptors (Lipinski definition) is 4. The normalized spacial score (nSPS) is 12.0. The van der Waals surface area contributed by atoms with Gasteiger partial charge in [-0.05, 0) is 12.8 Å². The summed E-state index contributed by atoms with van der Waals surface area (Å²) < 4.78 is 74.2. The molecule has 1 rings (SSSR count). The summed E-state index contributed by atoms with van der Waals surface area (Å²) in [6.07, 6.45) is 12.9. The summed E-state index contributed by atoms with van der Waals surface area (Å²) in [5.74, 6) is 0.553. The van der Waals surface area contributed by atoms with E-state index in [1.165, 1.54) is 50.7 Å². The molecule has 32 heavy (non-hydrogen) atoms. The predicted octanol–water partition coefficient (Wildman–Crippen LogP) is 7.43. The number of sulfonamides is 1. The van der Waals surface area contributed by atoms with E-state index in [2.05, 4.69) is 13.8 Å². The Hall–Kier alpha value is -1.64. The molecule has 1 N–H and O–H groups in total. The molecule has 0 fully saturated rings. The number of ether oxygens (including phenoxy) is 2. The van der Waals surface area contributed by atoms with Gasteiger partial charge < -0.3 is 9.47 Å². The molecule has 0 radical (unpaired) electrons. The Bertz CT molecular complexity index is 703. The topological polar surface area (TPSA) is 64.6 Å². The zero-order chi connectivity index (χ0) is 23.9. The molecule has 186 valence electrons. The van der Waals surface area contributed by atoms with Crippen LogP contribution in [0.25, 0.3) is 0 Å². The van der Waals surface area contributed by atoms with Gasteiger partial charge in [-0.25, -0.2) is 0 Å². The molecule has 9 heteroatoms. The van der Waals surface area contributed by atoms with Crippen LogP contribution in [0.1, 0.15) is 90.9 Å². The fourth-order valence-electron chi connectivity index (χ4n) is 3.16. The fourth-order valence-corrected chi connectivity index (χ4v) is 3.70. The second kappa shape index (κ2) is 15.2. The maximum absolute atomic E-state index is 12.8. The van der Waals surface area contributed by atoms with Gasteiger partial charge in [0.1, 0.15) is 11.5 Å². The Labute approximate surface area is 191 Å². The average Bonchev–Trinajstić information content (AvgIpc) is 2.71. The number of benzene rings is 1. The van der Waals surface area contributed by atoms with Crippen molar-refractivity contribution in [2.75, 3.05) is 17.9 Å². The lowest BCUT2D eigenvalue weighted by Gasteiger charge is -2.15. The van der Waals surface area contributed by atoms with Gasteiger partial charge >= 0.3 is 15.5 Å². The average molecular weight is 482 g/mol. The van der Waals surface area contributed by atoms with Gasteiger partial charge in [0, 0.05) is 18.2 Å². The Kier molecular flexibility index (Phi) is 13.5. The molecule has 1 aromatic carbocycles. The van der Waals surface area contributed by atoms with E-state index in [9.17, 15) is 21.6 Å². The van der Waals surface area contributed by atoms with Crippen molar-refractivity contribution in [3.8, 4) is 11.5 Å². The minimum absolute atomic E-state index is 0.235. The second-order valence-corrected chi connectivity index (χ2v) is 9.65. The highest BCUT2D eigenvalue weighted by Crippen LogP contribution is 2.31. The number of halogens is 3. The zero-order valence-corrected chi connectivity index (χ0v) is 20.1. The molecule has 0 aromatic heterocycles. The highest BCUT2D eigenvalue weighted by atomic mass is 32.2. The molecular weight excluding hydrogens is 443 g/mol. The van der Waals surface area contributed by atoms with E-state index in [1.807, 2.05) is 0 Å². The lowest BCUT2D eigenvalue weighted by atomic mass is 10.1. The molecule has 0 unspecified atom stereocenters. The molecule has 0 saturated carbocycles. The number of unbranched alkanes of at least 4 members (excludes halogenated alkanes) is 10. The van der Waals surface area contributed by atoms with Crippen LogP contribution >= 0.6 is 0 Å². The van der Waals surface area contributed by atoms with Crippen molar-refractivity contribution in [1.82, 2.24) is 0 Å². The van der Waals surface area contributed by atoms with Gasteiger partial charge in [-0.3, -0.25) is 4.72 Å². The van der Waals surface area contributed by atoms with E-state index in [0.717, 1.165) is 38.5 Å². The van der Waals surface area contributed by atoms with Gasteiger partial charge in [0.2, 0.25) is 0 Å². The van der Waals surface area contributed by atoms with Crippen LogP contribution in [0, 0.1) is 0 Å². The van der Waals surface area contributed by atoms with Crippen LogP contribution in [0.3, 0.4) is 0 Å². The molecule has 0 heterocycles. The largest absolute Gasteiger partial charge is 0.516 e. The molecule has 0 aliphatic carbocycles. The summed E-state index contributed by atoms with van der Waals surface area (Å²) in [5, 5.41) is 0. The third-order valence-corrected chi connectivity index (χ3v) is 6.08. The highest BCUT2D eigenvalue weighted by Gasteiger charge is 2.46. The van der Waals surface area contributed by atoms with Crippen molar-refractivity contribution in [2.24, 2.45) is 0 Å². The van der Waals surface area contributed by atoms with E-state index in [1.54, 1.807) is 10.8 Å². The summed E-state index contributed by atoms with van der Waals surface area (Å²) in [7, 11) is -5.52. The monoisotopic (exact) mass is 481 g/mol. The smallest absolute Gasteiger partial charge is 0.493 e. The van der Waals surface area contributed by atoms with Crippen molar-refractivity contribution in [3.05, 3.63) is 18.2 Å².